The average Bonchev–Trinajstić information content (AvgIpc) is 3.21. The Bertz CT molecular complexity index is 1000. The molecule has 4 heteroatoms. The number of benzene rings is 2. The highest BCUT2D eigenvalue weighted by atomic mass is 16.2. The van der Waals surface area contributed by atoms with Crippen LogP contribution in [-0.2, 0) is 11.2 Å². The fourth-order valence-corrected chi connectivity index (χ4v) is 5.13. The first kappa shape index (κ1) is 23.6. The van der Waals surface area contributed by atoms with Crippen LogP contribution in [0.25, 0.3) is 10.9 Å². The molecule has 1 fully saturated rings. The molecule has 0 radical (unpaired) electrons. The Kier molecular flexibility index (Phi) is 8.59. The Morgan fingerprint density at radius 3 is 2.48 bits per heavy atom. The van der Waals surface area contributed by atoms with E-state index in [0.29, 0.717) is 12.3 Å². The van der Waals surface area contributed by atoms with E-state index >= 15 is 0 Å². The molecule has 3 aromatic rings. The molecule has 1 aliphatic rings. The summed E-state index contributed by atoms with van der Waals surface area (Å²) in [7, 11) is 0. The molecular formula is C29H39N3O. The fourth-order valence-electron chi connectivity index (χ4n) is 5.13. The molecule has 1 aliphatic heterocycles. The van der Waals surface area contributed by atoms with E-state index in [1.807, 2.05) is 10.7 Å². The summed E-state index contributed by atoms with van der Waals surface area (Å²) < 4.78 is 1.97. The van der Waals surface area contributed by atoms with Crippen LogP contribution in [0.15, 0.2) is 60.8 Å². The second-order valence-corrected chi connectivity index (χ2v) is 9.52. The molecule has 1 amide bonds. The van der Waals surface area contributed by atoms with Gasteiger partial charge in [-0.2, -0.15) is 0 Å². The third-order valence-electron chi connectivity index (χ3n) is 7.06. The van der Waals surface area contributed by atoms with Gasteiger partial charge in [-0.15, -0.1) is 0 Å². The minimum absolute atomic E-state index is 0.0982. The largest absolute Gasteiger partial charge is 0.303 e. The van der Waals surface area contributed by atoms with E-state index in [9.17, 15) is 4.79 Å². The number of aryl methyl sites for hydroxylation is 1. The molecule has 0 aliphatic carbocycles. The van der Waals surface area contributed by atoms with Gasteiger partial charge in [0.05, 0.1) is 5.52 Å². The number of piperidine rings is 1. The maximum absolute atomic E-state index is 12.7. The molecule has 0 atom stereocenters. The summed E-state index contributed by atoms with van der Waals surface area (Å²) in [5, 5.41) is 1.28. The summed E-state index contributed by atoms with van der Waals surface area (Å²) in [4.78, 5) is 15.3. The first-order chi connectivity index (χ1) is 16.2. The summed E-state index contributed by atoms with van der Waals surface area (Å²) in [6.07, 6.45) is 12.1. The van der Waals surface area contributed by atoms with Gasteiger partial charge < -0.3 is 4.90 Å². The van der Waals surface area contributed by atoms with E-state index in [-0.39, 0.29) is 5.91 Å². The molecule has 1 N–H and O–H groups in total. The number of hydrogen-bond donors (Lipinski definition) is 1. The Morgan fingerprint density at radius 2 is 1.70 bits per heavy atom. The Hall–Kier alpha value is -2.59. The van der Waals surface area contributed by atoms with E-state index in [2.05, 4.69) is 72.0 Å². The number of hydrogen-bond acceptors (Lipinski definition) is 2. The van der Waals surface area contributed by atoms with Crippen LogP contribution in [0.1, 0.15) is 75.3 Å². The minimum atomic E-state index is 0.0982. The minimum Gasteiger partial charge on any atom is -0.303 e. The van der Waals surface area contributed by atoms with Gasteiger partial charge in [0.15, 0.2) is 0 Å². The van der Waals surface area contributed by atoms with Gasteiger partial charge in [-0.3, -0.25) is 14.9 Å². The highest BCUT2D eigenvalue weighted by Crippen LogP contribution is 2.34. The lowest BCUT2D eigenvalue weighted by atomic mass is 9.89. The fraction of sp³-hybridized carbons (Fsp3) is 0.483. The van der Waals surface area contributed by atoms with Gasteiger partial charge in [-0.25, -0.2) is 0 Å². The molecular weight excluding hydrogens is 406 g/mol. The number of fused-ring (bicyclic) bond motifs is 1. The predicted molar refractivity (Wildman–Crippen MR) is 138 cm³/mol. The summed E-state index contributed by atoms with van der Waals surface area (Å²) in [6, 6.07) is 19.0. The van der Waals surface area contributed by atoms with Gasteiger partial charge in [-0.05, 0) is 81.3 Å². The number of unbranched alkanes of at least 4 members (excludes halogenated alkanes) is 3. The summed E-state index contributed by atoms with van der Waals surface area (Å²) in [5.74, 6) is 0.669. The first-order valence-corrected chi connectivity index (χ1v) is 12.9. The Balaban J connectivity index is 1.33. The summed E-state index contributed by atoms with van der Waals surface area (Å²) in [5.41, 5.74) is 7.00. The number of aromatic nitrogens is 1. The lowest BCUT2D eigenvalue weighted by molar-refractivity contribution is -0.117. The lowest BCUT2D eigenvalue weighted by Crippen LogP contribution is -2.33. The quantitative estimate of drug-likeness (QED) is 0.342. The van der Waals surface area contributed by atoms with E-state index in [4.69, 9.17) is 0 Å². The van der Waals surface area contributed by atoms with Crippen LogP contribution in [0, 0.1) is 0 Å². The van der Waals surface area contributed by atoms with E-state index in [1.54, 1.807) is 0 Å². The zero-order valence-electron chi connectivity index (χ0n) is 20.1. The van der Waals surface area contributed by atoms with Gasteiger partial charge in [-0.1, -0.05) is 68.3 Å². The zero-order valence-corrected chi connectivity index (χ0v) is 20.1. The summed E-state index contributed by atoms with van der Waals surface area (Å²) in [6.45, 7) is 5.87. The van der Waals surface area contributed by atoms with Crippen LogP contribution in [0.2, 0.25) is 0 Å². The van der Waals surface area contributed by atoms with Gasteiger partial charge in [0.1, 0.15) is 0 Å². The van der Waals surface area contributed by atoms with Crippen molar-refractivity contribution in [1.29, 1.82) is 0 Å². The first-order valence-electron chi connectivity index (χ1n) is 12.9. The molecule has 0 unspecified atom stereocenters. The number of nitrogens with one attached hydrogen (secondary N) is 1. The number of likely N-dealkylation sites (tertiary alicyclic amines) is 1. The predicted octanol–water partition coefficient (Wildman–Crippen LogP) is 6.49. The van der Waals surface area contributed by atoms with E-state index in [1.165, 1.54) is 68.3 Å². The molecule has 2 aromatic carbocycles. The Morgan fingerprint density at radius 1 is 0.939 bits per heavy atom. The van der Waals surface area contributed by atoms with Crippen molar-refractivity contribution in [2.24, 2.45) is 0 Å². The molecule has 33 heavy (non-hydrogen) atoms. The molecule has 1 aromatic heterocycles. The number of carbonyl (C=O) groups is 1. The number of amides is 1. The number of para-hydroxylation sites is 1. The lowest BCUT2D eigenvalue weighted by Gasteiger charge is -2.31. The molecule has 4 nitrogen and oxygen atoms in total. The van der Waals surface area contributed by atoms with Crippen molar-refractivity contribution in [3.8, 4) is 0 Å². The van der Waals surface area contributed by atoms with Crippen molar-refractivity contribution >= 4 is 16.8 Å². The highest BCUT2D eigenvalue weighted by molar-refractivity contribution is 5.89. The van der Waals surface area contributed by atoms with Crippen molar-refractivity contribution in [2.75, 3.05) is 25.1 Å². The second kappa shape index (κ2) is 12.0. The van der Waals surface area contributed by atoms with Crippen molar-refractivity contribution in [2.45, 2.75) is 70.6 Å². The monoisotopic (exact) mass is 445 g/mol. The third-order valence-corrected chi connectivity index (χ3v) is 7.06. The SMILES string of the molecule is CCCCCN1CCC(c2cn(NC(=O)CCCCc3ccccc3)c3ccccc23)CC1. The molecule has 0 bridgehead atoms. The normalized spacial score (nSPS) is 15.2. The van der Waals surface area contributed by atoms with Crippen molar-refractivity contribution in [1.82, 2.24) is 9.58 Å². The third kappa shape index (κ3) is 6.48. The molecule has 4 rings (SSSR count). The molecule has 176 valence electrons. The topological polar surface area (TPSA) is 37.3 Å². The van der Waals surface area contributed by atoms with Crippen LogP contribution in [0.5, 0.6) is 0 Å². The van der Waals surface area contributed by atoms with Crippen LogP contribution in [0.4, 0.5) is 0 Å². The highest BCUT2D eigenvalue weighted by Gasteiger charge is 2.23. The summed E-state index contributed by atoms with van der Waals surface area (Å²) >= 11 is 0. The standard InChI is InChI=1S/C29H39N3O/c1-2-3-11-20-31-21-18-25(19-22-31)27-23-32(28-16-9-8-15-26(27)28)30-29(33)17-10-7-14-24-12-5-4-6-13-24/h4-6,8-9,12-13,15-16,23,25H,2-3,7,10-11,14,17-22H2,1H3,(H,30,33). The van der Waals surface area contributed by atoms with Crippen molar-refractivity contribution < 1.29 is 4.79 Å². The van der Waals surface area contributed by atoms with Crippen LogP contribution < -0.4 is 5.43 Å². The number of nitrogens with zero attached hydrogens (tertiary/aromatic N) is 2. The average molecular weight is 446 g/mol. The van der Waals surface area contributed by atoms with Gasteiger partial charge in [0, 0.05) is 18.0 Å². The molecule has 1 saturated heterocycles. The smallest absolute Gasteiger partial charge is 0.238 e. The maximum Gasteiger partial charge on any atom is 0.238 e. The van der Waals surface area contributed by atoms with E-state index < -0.39 is 0 Å². The zero-order chi connectivity index (χ0) is 22.9. The van der Waals surface area contributed by atoms with Crippen LogP contribution in [0.3, 0.4) is 0 Å². The van der Waals surface area contributed by atoms with E-state index in [0.717, 1.165) is 24.8 Å². The van der Waals surface area contributed by atoms with Crippen LogP contribution in [-0.4, -0.2) is 35.1 Å². The second-order valence-electron chi connectivity index (χ2n) is 9.52. The van der Waals surface area contributed by atoms with Gasteiger partial charge >= 0.3 is 0 Å². The van der Waals surface area contributed by atoms with Crippen molar-refractivity contribution in [3.63, 3.8) is 0 Å². The van der Waals surface area contributed by atoms with Gasteiger partial charge in [0.2, 0.25) is 5.91 Å². The Labute approximate surface area is 198 Å². The van der Waals surface area contributed by atoms with Crippen molar-refractivity contribution in [3.05, 3.63) is 71.9 Å². The number of rotatable bonds is 11. The molecule has 0 saturated carbocycles. The number of carbonyl (C=O) groups excluding carboxylic acids is 1. The maximum atomic E-state index is 12.7. The van der Waals surface area contributed by atoms with Gasteiger partial charge in [0.25, 0.3) is 0 Å². The molecule has 0 spiro atoms. The van der Waals surface area contributed by atoms with Crippen LogP contribution >= 0.6 is 0 Å². The molecule has 2 heterocycles.